The van der Waals surface area contributed by atoms with Crippen LogP contribution in [0.2, 0.25) is 0 Å². The predicted molar refractivity (Wildman–Crippen MR) is 173 cm³/mol. The maximum atomic E-state index is 14.2. The number of amides is 2. The molecule has 7 rings (SSSR count). The third-order valence-electron chi connectivity index (χ3n) is 7.58. The third kappa shape index (κ3) is 5.82. The number of fused-ring (bicyclic) bond motifs is 2. The van der Waals surface area contributed by atoms with Gasteiger partial charge in [0.05, 0.1) is 12.7 Å². The van der Waals surface area contributed by atoms with E-state index < -0.39 is 35.1 Å². The summed E-state index contributed by atoms with van der Waals surface area (Å²) in [6, 6.07) is 27.1. The standard InChI is InChI=1S/C33H26N6O5S2/c40-23(16-19-10-4-1-5-11-19)36-25-30(41)39-26(32(42)44-27(20-12-6-2-7-13-20)21-14-8-3-9-15-21)22(17-45-31(25)39)46-29-24-28(35-18-34-24)37-33(43)38-29/h1-15,18,25,27,31H,16-17H2,(H,36,40)(H2,34,35,37,38,43)/t25?,31-/m1/s1. The molecule has 1 unspecified atom stereocenters. The number of imidazole rings is 1. The number of nitrogens with zero attached hydrogens (tertiary/aromatic N) is 3. The third-order valence-corrected chi connectivity index (χ3v) is 10.1. The molecule has 0 saturated carbocycles. The highest BCUT2D eigenvalue weighted by Gasteiger charge is 2.55. The summed E-state index contributed by atoms with van der Waals surface area (Å²) in [5.74, 6) is -1.12. The van der Waals surface area contributed by atoms with Gasteiger partial charge in [0.2, 0.25) is 5.91 Å². The average Bonchev–Trinajstić information content (AvgIpc) is 3.56. The summed E-state index contributed by atoms with van der Waals surface area (Å²) in [4.78, 5) is 68.9. The van der Waals surface area contributed by atoms with Gasteiger partial charge in [0.15, 0.2) is 11.8 Å². The van der Waals surface area contributed by atoms with Crippen molar-refractivity contribution in [2.75, 3.05) is 5.75 Å². The van der Waals surface area contributed by atoms with Gasteiger partial charge in [-0.3, -0.25) is 19.5 Å². The van der Waals surface area contributed by atoms with Crippen LogP contribution in [-0.2, 0) is 25.5 Å². The van der Waals surface area contributed by atoms with Gasteiger partial charge in [0.25, 0.3) is 5.91 Å². The van der Waals surface area contributed by atoms with Gasteiger partial charge in [-0.25, -0.2) is 14.6 Å². The fraction of sp³-hybridized carbons (Fsp3) is 0.152. The number of benzene rings is 3. The molecule has 0 aliphatic carbocycles. The second-order valence-corrected chi connectivity index (χ2v) is 12.8. The van der Waals surface area contributed by atoms with E-state index in [1.54, 1.807) is 0 Å². The second-order valence-electron chi connectivity index (χ2n) is 10.6. The van der Waals surface area contributed by atoms with E-state index in [1.165, 1.54) is 23.0 Å². The van der Waals surface area contributed by atoms with Crippen molar-refractivity contribution in [3.8, 4) is 0 Å². The smallest absolute Gasteiger partial charge is 0.356 e. The molecule has 3 aromatic carbocycles. The molecular weight excluding hydrogens is 625 g/mol. The summed E-state index contributed by atoms with van der Waals surface area (Å²) in [6.45, 7) is 0. The number of esters is 1. The highest BCUT2D eigenvalue weighted by atomic mass is 32.2. The van der Waals surface area contributed by atoms with Crippen LogP contribution in [0.3, 0.4) is 0 Å². The van der Waals surface area contributed by atoms with E-state index in [1.807, 2.05) is 91.0 Å². The maximum absolute atomic E-state index is 14.2. The lowest BCUT2D eigenvalue weighted by molar-refractivity contribution is -0.154. The van der Waals surface area contributed by atoms with Crippen molar-refractivity contribution in [1.82, 2.24) is 30.2 Å². The minimum atomic E-state index is -0.813. The molecule has 46 heavy (non-hydrogen) atoms. The van der Waals surface area contributed by atoms with Crippen LogP contribution in [-0.4, -0.2) is 59.8 Å². The van der Waals surface area contributed by atoms with E-state index in [9.17, 15) is 19.2 Å². The molecular formula is C33H26N6O5S2. The summed E-state index contributed by atoms with van der Waals surface area (Å²) >= 11 is 2.51. The van der Waals surface area contributed by atoms with Gasteiger partial charge in [0, 0.05) is 10.7 Å². The lowest BCUT2D eigenvalue weighted by Gasteiger charge is -2.49. The van der Waals surface area contributed by atoms with Gasteiger partial charge in [0.1, 0.15) is 27.7 Å². The van der Waals surface area contributed by atoms with E-state index in [-0.39, 0.29) is 18.0 Å². The minimum Gasteiger partial charge on any atom is -0.448 e. The molecule has 2 aliphatic heterocycles. The van der Waals surface area contributed by atoms with E-state index in [0.717, 1.165) is 28.5 Å². The van der Waals surface area contributed by atoms with Crippen LogP contribution in [0.1, 0.15) is 22.8 Å². The number of H-pyrrole nitrogens is 2. The first kappa shape index (κ1) is 29.6. The zero-order valence-corrected chi connectivity index (χ0v) is 25.7. The summed E-state index contributed by atoms with van der Waals surface area (Å²) in [6.07, 6.45) is 0.808. The lowest BCUT2D eigenvalue weighted by Crippen LogP contribution is -2.70. The molecule has 2 amide bonds. The van der Waals surface area contributed by atoms with Gasteiger partial charge in [-0.15, -0.1) is 11.8 Å². The number of aromatic amines is 2. The normalized spacial score (nSPS) is 17.5. The molecule has 13 heteroatoms. The van der Waals surface area contributed by atoms with Crippen molar-refractivity contribution in [3.63, 3.8) is 0 Å². The van der Waals surface area contributed by atoms with Gasteiger partial charge in [-0.2, -0.15) is 4.98 Å². The summed E-state index contributed by atoms with van der Waals surface area (Å²) in [5, 5.41) is 2.64. The van der Waals surface area contributed by atoms with E-state index in [2.05, 4.69) is 25.3 Å². The van der Waals surface area contributed by atoms with Crippen molar-refractivity contribution in [3.05, 3.63) is 135 Å². The highest BCUT2D eigenvalue weighted by molar-refractivity contribution is 8.06. The number of hydrogen-bond donors (Lipinski definition) is 3. The Hall–Kier alpha value is -5.14. The number of carbonyl (C=O) groups excluding carboxylic acids is 3. The Bertz CT molecular complexity index is 1980. The summed E-state index contributed by atoms with van der Waals surface area (Å²) in [7, 11) is 0. The Morgan fingerprint density at radius 1 is 0.978 bits per heavy atom. The van der Waals surface area contributed by atoms with Crippen LogP contribution in [0, 0.1) is 0 Å². The number of nitrogens with one attached hydrogen (secondary N) is 3. The first-order valence-corrected chi connectivity index (χ1v) is 16.3. The van der Waals surface area contributed by atoms with Crippen molar-refractivity contribution < 1.29 is 19.1 Å². The van der Waals surface area contributed by atoms with Gasteiger partial charge < -0.3 is 15.0 Å². The van der Waals surface area contributed by atoms with Gasteiger partial charge in [-0.1, -0.05) is 103 Å². The van der Waals surface area contributed by atoms with Crippen molar-refractivity contribution >= 4 is 52.5 Å². The minimum absolute atomic E-state index is 0.0546. The molecule has 5 aromatic rings. The number of ether oxygens (including phenoxy) is 1. The van der Waals surface area contributed by atoms with Crippen molar-refractivity contribution in [2.24, 2.45) is 0 Å². The molecule has 1 saturated heterocycles. The van der Waals surface area contributed by atoms with Crippen LogP contribution in [0.5, 0.6) is 0 Å². The Morgan fingerprint density at radius 3 is 2.30 bits per heavy atom. The number of rotatable bonds is 9. The molecule has 2 aromatic heterocycles. The Morgan fingerprint density at radius 2 is 1.63 bits per heavy atom. The second kappa shape index (κ2) is 12.7. The summed E-state index contributed by atoms with van der Waals surface area (Å²) in [5.41, 5.74) is 2.62. The molecule has 2 atom stereocenters. The van der Waals surface area contributed by atoms with Gasteiger partial charge >= 0.3 is 11.7 Å². The largest absolute Gasteiger partial charge is 0.448 e. The maximum Gasteiger partial charge on any atom is 0.356 e. The molecule has 230 valence electrons. The Kier molecular flexibility index (Phi) is 8.16. The van der Waals surface area contributed by atoms with E-state index >= 15 is 0 Å². The SMILES string of the molecule is O=C(Cc1ccccc1)NC1C(=O)N2C(C(=O)OC(c3ccccc3)c3ccccc3)=C(Sc3nc(=O)[nH]c4nc[nH]c34)CS[C@H]12. The van der Waals surface area contributed by atoms with Crippen molar-refractivity contribution in [1.29, 1.82) is 0 Å². The fourth-order valence-corrected chi connectivity index (χ4v) is 7.96. The molecule has 11 nitrogen and oxygen atoms in total. The number of β-lactam (4-membered cyclic amide) rings is 1. The predicted octanol–water partition coefficient (Wildman–Crippen LogP) is 3.93. The highest BCUT2D eigenvalue weighted by Crippen LogP contribution is 2.46. The topological polar surface area (TPSA) is 150 Å². The number of aromatic nitrogens is 4. The average molecular weight is 651 g/mol. The van der Waals surface area contributed by atoms with Crippen LogP contribution < -0.4 is 11.0 Å². The van der Waals surface area contributed by atoms with Crippen LogP contribution in [0.25, 0.3) is 11.2 Å². The zero-order valence-electron chi connectivity index (χ0n) is 24.1. The fourth-order valence-electron chi connectivity index (χ4n) is 5.43. The number of hydrogen-bond acceptors (Lipinski definition) is 9. The van der Waals surface area contributed by atoms with Gasteiger partial charge in [-0.05, 0) is 16.7 Å². The number of thioether (sulfide) groups is 2. The lowest BCUT2D eigenvalue weighted by atomic mass is 10.0. The molecule has 4 heterocycles. The Labute approximate surface area is 270 Å². The zero-order chi connectivity index (χ0) is 31.6. The molecule has 0 radical (unpaired) electrons. The molecule has 2 aliphatic rings. The monoisotopic (exact) mass is 650 g/mol. The molecule has 0 spiro atoms. The van der Waals surface area contributed by atoms with E-state index in [4.69, 9.17) is 4.74 Å². The summed E-state index contributed by atoms with van der Waals surface area (Å²) < 4.78 is 6.21. The first-order valence-electron chi connectivity index (χ1n) is 14.4. The quantitative estimate of drug-likeness (QED) is 0.123. The van der Waals surface area contributed by atoms with Crippen LogP contribution in [0.15, 0.2) is 118 Å². The molecule has 0 bridgehead atoms. The van der Waals surface area contributed by atoms with Crippen molar-refractivity contribution in [2.45, 2.75) is 29.0 Å². The Balaban J connectivity index is 1.22. The van der Waals surface area contributed by atoms with Crippen LogP contribution >= 0.6 is 23.5 Å². The first-order chi connectivity index (χ1) is 22.5. The van der Waals surface area contributed by atoms with E-state index in [0.29, 0.717) is 26.8 Å². The van der Waals surface area contributed by atoms with Crippen LogP contribution in [0.4, 0.5) is 0 Å². The molecule has 1 fully saturated rings. The number of carbonyl (C=O) groups is 3. The molecule has 3 N–H and O–H groups in total.